The van der Waals surface area contributed by atoms with Crippen molar-refractivity contribution in [2.75, 3.05) is 31.1 Å². The van der Waals surface area contributed by atoms with Crippen LogP contribution in [0, 0.1) is 0 Å². The molecule has 1 fully saturated rings. The maximum atomic E-state index is 9.55. The largest absolute Gasteiger partial charge is 0.394 e. The average molecular weight is 439 g/mol. The highest BCUT2D eigenvalue weighted by molar-refractivity contribution is 5.61. The molecule has 4 rings (SSSR count). The molecule has 1 aliphatic carbocycles. The first kappa shape index (κ1) is 23.1. The predicted octanol–water partition coefficient (Wildman–Crippen LogP) is 3.40. The van der Waals surface area contributed by atoms with Crippen molar-refractivity contribution in [1.82, 2.24) is 15.3 Å². The highest BCUT2D eigenvalue weighted by Crippen LogP contribution is 2.46. The number of benzene rings is 1. The maximum Gasteiger partial charge on any atom is 0.161 e. The summed E-state index contributed by atoms with van der Waals surface area (Å²) < 4.78 is 0. The number of hydrogen-bond acceptors (Lipinski definition) is 6. The molecule has 0 saturated carbocycles. The standard InChI is InChI=1S/C26H38N4O2/c1-25(2)10-11-26(3,4)22-15-18(5-6-21(22)25)24-27-12-7-23(29-24)30-13-8-19(9-14-30)28-16-20(32)17-31/h5-7,12,15,19-20,28,31-32H,8-11,13-14,16-17H2,1-4H3/t20-/m0/s1. The Morgan fingerprint density at radius 1 is 1.06 bits per heavy atom. The summed E-state index contributed by atoms with van der Waals surface area (Å²) in [7, 11) is 0. The second-order valence-corrected chi connectivity index (χ2v) is 10.8. The van der Waals surface area contributed by atoms with Crippen molar-refractivity contribution in [3.8, 4) is 11.4 Å². The van der Waals surface area contributed by atoms with E-state index in [0.717, 1.165) is 43.1 Å². The minimum Gasteiger partial charge on any atom is -0.394 e. The zero-order valence-corrected chi connectivity index (χ0v) is 19.9. The summed E-state index contributed by atoms with van der Waals surface area (Å²) >= 11 is 0. The van der Waals surface area contributed by atoms with Gasteiger partial charge in [0.25, 0.3) is 0 Å². The van der Waals surface area contributed by atoms with Gasteiger partial charge in [0.05, 0.1) is 12.7 Å². The van der Waals surface area contributed by atoms with Crippen LogP contribution in [-0.4, -0.2) is 58.6 Å². The molecule has 3 N–H and O–H groups in total. The van der Waals surface area contributed by atoms with E-state index in [-0.39, 0.29) is 17.4 Å². The van der Waals surface area contributed by atoms with E-state index in [4.69, 9.17) is 10.1 Å². The van der Waals surface area contributed by atoms with Crippen LogP contribution >= 0.6 is 0 Å². The third-order valence-electron chi connectivity index (χ3n) is 7.42. The number of fused-ring (bicyclic) bond motifs is 1. The molecule has 174 valence electrons. The van der Waals surface area contributed by atoms with Crippen LogP contribution in [0.15, 0.2) is 30.5 Å². The quantitative estimate of drug-likeness (QED) is 0.641. The van der Waals surface area contributed by atoms with Gasteiger partial charge in [-0.2, -0.15) is 0 Å². The number of hydrogen-bond donors (Lipinski definition) is 3. The zero-order chi connectivity index (χ0) is 22.9. The lowest BCUT2D eigenvalue weighted by atomic mass is 9.63. The molecule has 1 aromatic carbocycles. The summed E-state index contributed by atoms with van der Waals surface area (Å²) in [5.41, 5.74) is 4.34. The van der Waals surface area contributed by atoms with Gasteiger partial charge in [0, 0.05) is 37.4 Å². The fourth-order valence-corrected chi connectivity index (χ4v) is 5.07. The molecule has 32 heavy (non-hydrogen) atoms. The average Bonchev–Trinajstić information content (AvgIpc) is 2.81. The van der Waals surface area contributed by atoms with Gasteiger partial charge in [-0.3, -0.25) is 0 Å². The lowest BCUT2D eigenvalue weighted by Crippen LogP contribution is -2.45. The normalized spacial score (nSPS) is 21.2. The minimum absolute atomic E-state index is 0.164. The molecule has 2 aromatic rings. The molecule has 0 unspecified atom stereocenters. The van der Waals surface area contributed by atoms with E-state index in [1.165, 1.54) is 24.0 Å². The maximum absolute atomic E-state index is 9.55. The molecule has 2 aliphatic rings. The molecular formula is C26H38N4O2. The fraction of sp³-hybridized carbons (Fsp3) is 0.615. The molecule has 0 radical (unpaired) electrons. The number of piperidine rings is 1. The molecule has 1 aliphatic heterocycles. The van der Waals surface area contributed by atoms with Crippen LogP contribution in [-0.2, 0) is 10.8 Å². The number of nitrogens with zero attached hydrogens (tertiary/aromatic N) is 3. The van der Waals surface area contributed by atoms with Gasteiger partial charge in [0.1, 0.15) is 5.82 Å². The topological polar surface area (TPSA) is 81.5 Å². The van der Waals surface area contributed by atoms with Gasteiger partial charge < -0.3 is 20.4 Å². The molecule has 1 aromatic heterocycles. The number of aromatic nitrogens is 2. The van der Waals surface area contributed by atoms with Crippen molar-refractivity contribution in [2.45, 2.75) is 76.4 Å². The molecule has 6 nitrogen and oxygen atoms in total. The number of nitrogens with one attached hydrogen (secondary N) is 1. The number of aliphatic hydroxyl groups excluding tert-OH is 2. The van der Waals surface area contributed by atoms with Crippen LogP contribution in [0.2, 0.25) is 0 Å². The Balaban J connectivity index is 1.50. The van der Waals surface area contributed by atoms with Crippen molar-refractivity contribution in [3.05, 3.63) is 41.6 Å². The Labute approximate surface area is 192 Å². The van der Waals surface area contributed by atoms with E-state index in [0.29, 0.717) is 12.6 Å². The second kappa shape index (κ2) is 9.08. The van der Waals surface area contributed by atoms with Crippen LogP contribution in [0.5, 0.6) is 0 Å². The van der Waals surface area contributed by atoms with E-state index >= 15 is 0 Å². The Morgan fingerprint density at radius 2 is 1.75 bits per heavy atom. The van der Waals surface area contributed by atoms with E-state index in [1.54, 1.807) is 0 Å². The SMILES string of the molecule is CC1(C)CCC(C)(C)c2cc(-c3nccc(N4CCC(NC[C@H](O)CO)CC4)n3)ccc21. The lowest BCUT2D eigenvalue weighted by Gasteiger charge is -2.42. The van der Waals surface area contributed by atoms with E-state index in [9.17, 15) is 5.11 Å². The summed E-state index contributed by atoms with van der Waals surface area (Å²) in [5.74, 6) is 1.76. The van der Waals surface area contributed by atoms with Crippen molar-refractivity contribution < 1.29 is 10.2 Å². The van der Waals surface area contributed by atoms with Crippen LogP contribution in [0.25, 0.3) is 11.4 Å². The molecule has 0 bridgehead atoms. The van der Waals surface area contributed by atoms with Crippen molar-refractivity contribution in [3.63, 3.8) is 0 Å². The lowest BCUT2D eigenvalue weighted by molar-refractivity contribution is 0.0909. The predicted molar refractivity (Wildman–Crippen MR) is 129 cm³/mol. The molecule has 2 heterocycles. The van der Waals surface area contributed by atoms with E-state index < -0.39 is 6.10 Å². The first-order chi connectivity index (χ1) is 15.2. The Hall–Kier alpha value is -2.02. The van der Waals surface area contributed by atoms with Gasteiger partial charge in [0.15, 0.2) is 5.82 Å². The first-order valence-electron chi connectivity index (χ1n) is 12.0. The Bertz CT molecular complexity index is 935. The van der Waals surface area contributed by atoms with Crippen LogP contribution in [0.1, 0.15) is 64.5 Å². The summed E-state index contributed by atoms with van der Waals surface area (Å²) in [6, 6.07) is 9.15. The smallest absolute Gasteiger partial charge is 0.161 e. The van der Waals surface area contributed by atoms with Gasteiger partial charge in [-0.1, -0.05) is 39.8 Å². The van der Waals surface area contributed by atoms with E-state index in [2.05, 4.69) is 61.1 Å². The molecule has 0 amide bonds. The van der Waals surface area contributed by atoms with Crippen molar-refractivity contribution in [2.24, 2.45) is 0 Å². The highest BCUT2D eigenvalue weighted by Gasteiger charge is 2.37. The third kappa shape index (κ3) is 4.82. The van der Waals surface area contributed by atoms with Crippen LogP contribution in [0.4, 0.5) is 5.82 Å². The summed E-state index contributed by atoms with van der Waals surface area (Å²) in [6.45, 7) is 11.4. The number of rotatable bonds is 6. The molecule has 1 atom stereocenters. The van der Waals surface area contributed by atoms with E-state index in [1.807, 2.05) is 12.3 Å². The Kier molecular flexibility index (Phi) is 6.57. The fourth-order valence-electron chi connectivity index (χ4n) is 5.07. The minimum atomic E-state index is -0.690. The van der Waals surface area contributed by atoms with Gasteiger partial charge in [-0.15, -0.1) is 0 Å². The molecule has 6 heteroatoms. The first-order valence-corrected chi connectivity index (χ1v) is 12.0. The molecular weight excluding hydrogens is 400 g/mol. The zero-order valence-electron chi connectivity index (χ0n) is 19.9. The van der Waals surface area contributed by atoms with Crippen LogP contribution < -0.4 is 10.2 Å². The van der Waals surface area contributed by atoms with Gasteiger partial charge in [-0.05, 0) is 59.8 Å². The van der Waals surface area contributed by atoms with Crippen molar-refractivity contribution >= 4 is 5.82 Å². The van der Waals surface area contributed by atoms with Gasteiger partial charge in [0.2, 0.25) is 0 Å². The second-order valence-electron chi connectivity index (χ2n) is 10.8. The summed E-state index contributed by atoms with van der Waals surface area (Å²) in [6.07, 6.45) is 5.55. The number of aliphatic hydroxyl groups is 2. The third-order valence-corrected chi connectivity index (χ3v) is 7.42. The summed E-state index contributed by atoms with van der Waals surface area (Å²) in [5, 5.41) is 21.9. The van der Waals surface area contributed by atoms with Gasteiger partial charge in [-0.25, -0.2) is 9.97 Å². The van der Waals surface area contributed by atoms with Crippen LogP contribution in [0.3, 0.4) is 0 Å². The summed E-state index contributed by atoms with van der Waals surface area (Å²) in [4.78, 5) is 11.9. The molecule has 0 spiro atoms. The number of anilines is 1. The van der Waals surface area contributed by atoms with Crippen molar-refractivity contribution in [1.29, 1.82) is 0 Å². The highest BCUT2D eigenvalue weighted by atomic mass is 16.3. The Morgan fingerprint density at radius 3 is 2.44 bits per heavy atom. The van der Waals surface area contributed by atoms with Gasteiger partial charge >= 0.3 is 0 Å². The molecule has 1 saturated heterocycles. The monoisotopic (exact) mass is 438 g/mol.